The SMILES string of the molecule is Nc1ccc(S(=O)(=O)c2ccc(S(=O)[O-])cc2)cc1. The summed E-state index contributed by atoms with van der Waals surface area (Å²) in [6.07, 6.45) is 0. The largest absolute Gasteiger partial charge is 0.768 e. The standard InChI is InChI=1S/C12H11NO4S2/c13-9-1-5-11(6-2-9)19(16,17)12-7-3-10(4-8-12)18(14)15/h1-8H,13H2,(H,14,15)/p-1. The van der Waals surface area contributed by atoms with E-state index in [1.54, 1.807) is 0 Å². The van der Waals surface area contributed by atoms with Gasteiger partial charge in [-0.25, -0.2) is 8.42 Å². The van der Waals surface area contributed by atoms with Gasteiger partial charge in [-0.05, 0) is 59.6 Å². The summed E-state index contributed by atoms with van der Waals surface area (Å²) in [6.45, 7) is 0. The van der Waals surface area contributed by atoms with Gasteiger partial charge in [0.05, 0.1) is 9.79 Å². The zero-order valence-corrected chi connectivity index (χ0v) is 11.3. The maximum Gasteiger partial charge on any atom is 0.206 e. The molecular formula is C12H10NO4S2-. The Labute approximate surface area is 113 Å². The average Bonchev–Trinajstić information content (AvgIpc) is 2.39. The quantitative estimate of drug-likeness (QED) is 0.680. The lowest BCUT2D eigenvalue weighted by atomic mass is 10.3. The molecule has 0 fully saturated rings. The minimum Gasteiger partial charge on any atom is -0.768 e. The van der Waals surface area contributed by atoms with Crippen molar-refractivity contribution in [2.75, 3.05) is 5.73 Å². The summed E-state index contributed by atoms with van der Waals surface area (Å²) in [6, 6.07) is 10.8. The third-order valence-electron chi connectivity index (χ3n) is 2.52. The van der Waals surface area contributed by atoms with Gasteiger partial charge in [0.15, 0.2) is 0 Å². The Morgan fingerprint density at radius 3 is 1.74 bits per heavy atom. The van der Waals surface area contributed by atoms with Crippen LogP contribution in [-0.4, -0.2) is 17.2 Å². The van der Waals surface area contributed by atoms with Crippen molar-refractivity contribution in [1.29, 1.82) is 0 Å². The van der Waals surface area contributed by atoms with Crippen LogP contribution in [0, 0.1) is 0 Å². The van der Waals surface area contributed by atoms with Gasteiger partial charge in [-0.1, -0.05) is 0 Å². The number of hydrogen-bond acceptors (Lipinski definition) is 5. The first-order valence-corrected chi connectivity index (χ1v) is 7.77. The lowest BCUT2D eigenvalue weighted by molar-refractivity contribution is 0.537. The zero-order chi connectivity index (χ0) is 14.0. The topological polar surface area (TPSA) is 100 Å². The molecule has 7 heteroatoms. The molecule has 1 atom stereocenters. The Hall–Kier alpha value is -1.70. The van der Waals surface area contributed by atoms with Crippen LogP contribution in [0.4, 0.5) is 5.69 Å². The number of benzene rings is 2. The second-order valence-electron chi connectivity index (χ2n) is 3.78. The molecule has 1 unspecified atom stereocenters. The molecule has 0 saturated carbocycles. The monoisotopic (exact) mass is 296 g/mol. The number of rotatable bonds is 3. The maximum atomic E-state index is 12.2. The van der Waals surface area contributed by atoms with Gasteiger partial charge in [-0.3, -0.25) is 4.21 Å². The molecule has 0 spiro atoms. The first-order valence-electron chi connectivity index (χ1n) is 5.21. The predicted octanol–water partition coefficient (Wildman–Crippen LogP) is 1.34. The summed E-state index contributed by atoms with van der Waals surface area (Å²) in [5.74, 6) is 0. The number of nitrogens with two attached hydrogens (primary N) is 1. The molecular weight excluding hydrogens is 286 g/mol. The van der Waals surface area contributed by atoms with E-state index in [0.717, 1.165) is 0 Å². The van der Waals surface area contributed by atoms with Gasteiger partial charge in [0, 0.05) is 10.6 Å². The molecule has 2 rings (SSSR count). The molecule has 0 aliphatic rings. The lowest BCUT2D eigenvalue weighted by Gasteiger charge is -2.08. The summed E-state index contributed by atoms with van der Waals surface area (Å²) in [4.78, 5) is 0.181. The molecule has 2 aromatic carbocycles. The van der Waals surface area contributed by atoms with Gasteiger partial charge in [0.1, 0.15) is 0 Å². The lowest BCUT2D eigenvalue weighted by Crippen LogP contribution is -2.02. The second-order valence-corrected chi connectivity index (χ2v) is 6.67. The average molecular weight is 296 g/mol. The van der Waals surface area contributed by atoms with Crippen LogP contribution in [-0.2, 0) is 20.9 Å². The van der Waals surface area contributed by atoms with Gasteiger partial charge in [0.2, 0.25) is 9.84 Å². The van der Waals surface area contributed by atoms with Crippen LogP contribution in [0.2, 0.25) is 0 Å². The van der Waals surface area contributed by atoms with Gasteiger partial charge in [-0.15, -0.1) is 0 Å². The van der Waals surface area contributed by atoms with E-state index in [2.05, 4.69) is 0 Å². The van der Waals surface area contributed by atoms with Gasteiger partial charge in [-0.2, -0.15) is 0 Å². The van der Waals surface area contributed by atoms with Crippen molar-refractivity contribution in [2.45, 2.75) is 14.7 Å². The number of anilines is 1. The Morgan fingerprint density at radius 2 is 1.32 bits per heavy atom. The molecule has 0 amide bonds. The van der Waals surface area contributed by atoms with Crippen LogP contribution in [0.1, 0.15) is 0 Å². The number of hydrogen-bond donors (Lipinski definition) is 1. The molecule has 0 radical (unpaired) electrons. The second kappa shape index (κ2) is 5.12. The van der Waals surface area contributed by atoms with Crippen molar-refractivity contribution in [1.82, 2.24) is 0 Å². The maximum absolute atomic E-state index is 12.2. The minimum atomic E-state index is -3.65. The van der Waals surface area contributed by atoms with Crippen molar-refractivity contribution < 1.29 is 17.2 Å². The highest BCUT2D eigenvalue weighted by molar-refractivity contribution is 7.91. The summed E-state index contributed by atoms with van der Waals surface area (Å²) in [7, 11) is -3.65. The molecule has 19 heavy (non-hydrogen) atoms. The number of sulfone groups is 1. The highest BCUT2D eigenvalue weighted by Gasteiger charge is 2.17. The van der Waals surface area contributed by atoms with E-state index in [0.29, 0.717) is 5.69 Å². The van der Waals surface area contributed by atoms with Crippen molar-refractivity contribution in [2.24, 2.45) is 0 Å². The summed E-state index contributed by atoms with van der Waals surface area (Å²) in [5, 5.41) is 0. The fourth-order valence-electron chi connectivity index (χ4n) is 1.51. The van der Waals surface area contributed by atoms with Crippen LogP contribution >= 0.6 is 0 Å². The van der Waals surface area contributed by atoms with Crippen LogP contribution in [0.3, 0.4) is 0 Å². The Bertz CT molecular complexity index is 706. The van der Waals surface area contributed by atoms with Crippen molar-refractivity contribution >= 4 is 26.6 Å². The highest BCUT2D eigenvalue weighted by atomic mass is 32.2. The molecule has 2 N–H and O–H groups in total. The summed E-state index contributed by atoms with van der Waals surface area (Å²) >= 11 is -2.37. The van der Waals surface area contributed by atoms with Crippen LogP contribution in [0.25, 0.3) is 0 Å². The van der Waals surface area contributed by atoms with E-state index >= 15 is 0 Å². The molecule has 0 saturated heterocycles. The molecule has 0 bridgehead atoms. The van der Waals surface area contributed by atoms with Crippen molar-refractivity contribution in [3.05, 3.63) is 48.5 Å². The normalized spacial score (nSPS) is 13.1. The third kappa shape index (κ3) is 2.83. The van der Waals surface area contributed by atoms with E-state index < -0.39 is 20.9 Å². The summed E-state index contributed by atoms with van der Waals surface area (Å²) in [5.41, 5.74) is 5.97. The molecule has 0 aromatic heterocycles. The predicted molar refractivity (Wildman–Crippen MR) is 69.9 cm³/mol. The van der Waals surface area contributed by atoms with E-state index in [-0.39, 0.29) is 14.7 Å². The Kier molecular flexibility index (Phi) is 3.70. The fraction of sp³-hybridized carbons (Fsp3) is 0. The van der Waals surface area contributed by atoms with E-state index in [4.69, 9.17) is 5.73 Å². The molecule has 5 nitrogen and oxygen atoms in total. The molecule has 0 heterocycles. The van der Waals surface area contributed by atoms with Gasteiger partial charge >= 0.3 is 0 Å². The highest BCUT2D eigenvalue weighted by Crippen LogP contribution is 2.22. The van der Waals surface area contributed by atoms with E-state index in [1.165, 1.54) is 48.5 Å². The van der Waals surface area contributed by atoms with E-state index in [9.17, 15) is 17.2 Å². The molecule has 100 valence electrons. The molecule has 0 aliphatic carbocycles. The minimum absolute atomic E-state index is 0.0338. The first-order chi connectivity index (χ1) is 8.91. The first kappa shape index (κ1) is 13.7. The van der Waals surface area contributed by atoms with Gasteiger partial charge in [0.25, 0.3) is 0 Å². The fourth-order valence-corrected chi connectivity index (χ4v) is 3.13. The Morgan fingerprint density at radius 1 is 0.895 bits per heavy atom. The van der Waals surface area contributed by atoms with Crippen molar-refractivity contribution in [3.63, 3.8) is 0 Å². The van der Waals surface area contributed by atoms with Crippen LogP contribution in [0.15, 0.2) is 63.2 Å². The van der Waals surface area contributed by atoms with Gasteiger partial charge < -0.3 is 10.3 Å². The molecule has 0 aliphatic heterocycles. The summed E-state index contributed by atoms with van der Waals surface area (Å²) < 4.78 is 45.9. The van der Waals surface area contributed by atoms with Crippen molar-refractivity contribution in [3.8, 4) is 0 Å². The zero-order valence-electron chi connectivity index (χ0n) is 9.65. The van der Waals surface area contributed by atoms with E-state index in [1.807, 2.05) is 0 Å². The smallest absolute Gasteiger partial charge is 0.206 e. The third-order valence-corrected chi connectivity index (χ3v) is 4.96. The van der Waals surface area contributed by atoms with Crippen LogP contribution < -0.4 is 5.73 Å². The number of nitrogen functional groups attached to an aromatic ring is 1. The molecule has 2 aromatic rings. The van der Waals surface area contributed by atoms with Crippen LogP contribution in [0.5, 0.6) is 0 Å². The Balaban J connectivity index is 2.44.